The van der Waals surface area contributed by atoms with Gasteiger partial charge in [-0.1, -0.05) is 60.2 Å². The number of carboxylic acids is 1. The van der Waals surface area contributed by atoms with E-state index >= 15 is 0 Å². The van der Waals surface area contributed by atoms with Gasteiger partial charge in [0.1, 0.15) is 11.9 Å². The van der Waals surface area contributed by atoms with Crippen molar-refractivity contribution in [2.45, 2.75) is 51.8 Å². The summed E-state index contributed by atoms with van der Waals surface area (Å²) in [6.07, 6.45) is 1.63. The van der Waals surface area contributed by atoms with Gasteiger partial charge in [-0.15, -0.1) is 0 Å². The standard InChI is InChI=1S/C30H31NO5/c1-19-8-12-25(26-15-22(16-28(32)33)11-13-27(26)35-18-21-9-10-21)24(14-19)17-31-20(2)29(36-30(31)34)23-6-4-3-5-7-23/h3-8,11-15,20-21,29H,9-10,16-18H2,1-2H3,(H,32,33)/t20-,29-/m0/s1. The lowest BCUT2D eigenvalue weighted by molar-refractivity contribution is -0.136. The van der Waals surface area contributed by atoms with E-state index in [9.17, 15) is 14.7 Å². The third-order valence-electron chi connectivity index (χ3n) is 6.98. The van der Waals surface area contributed by atoms with E-state index in [0.717, 1.165) is 33.6 Å². The zero-order chi connectivity index (χ0) is 25.2. The van der Waals surface area contributed by atoms with Crippen LogP contribution in [0.25, 0.3) is 11.1 Å². The van der Waals surface area contributed by atoms with Gasteiger partial charge in [0.2, 0.25) is 0 Å². The van der Waals surface area contributed by atoms with Gasteiger partial charge in [-0.3, -0.25) is 9.69 Å². The van der Waals surface area contributed by atoms with Crippen LogP contribution in [0.15, 0.2) is 66.7 Å². The molecule has 3 aromatic carbocycles. The van der Waals surface area contributed by atoms with Crippen LogP contribution >= 0.6 is 0 Å². The van der Waals surface area contributed by atoms with Crippen LogP contribution in [0.1, 0.15) is 48.1 Å². The van der Waals surface area contributed by atoms with Crippen LogP contribution in [0.3, 0.4) is 0 Å². The Labute approximate surface area is 211 Å². The smallest absolute Gasteiger partial charge is 0.411 e. The molecule has 1 heterocycles. The Kier molecular flexibility index (Phi) is 6.68. The zero-order valence-electron chi connectivity index (χ0n) is 20.6. The summed E-state index contributed by atoms with van der Waals surface area (Å²) >= 11 is 0. The van der Waals surface area contributed by atoms with Crippen molar-refractivity contribution in [1.82, 2.24) is 4.90 Å². The molecule has 1 aliphatic carbocycles. The average molecular weight is 486 g/mol. The summed E-state index contributed by atoms with van der Waals surface area (Å²) < 4.78 is 12.0. The topological polar surface area (TPSA) is 76.1 Å². The second-order valence-corrected chi connectivity index (χ2v) is 9.90. The number of benzene rings is 3. The van der Waals surface area contributed by atoms with Crippen LogP contribution in [-0.4, -0.2) is 34.7 Å². The van der Waals surface area contributed by atoms with Crippen molar-refractivity contribution in [2.24, 2.45) is 5.92 Å². The summed E-state index contributed by atoms with van der Waals surface area (Å²) in [5.74, 6) is 0.446. The highest BCUT2D eigenvalue weighted by Gasteiger charge is 2.39. The molecular weight excluding hydrogens is 454 g/mol. The van der Waals surface area contributed by atoms with Gasteiger partial charge in [0.05, 0.1) is 25.6 Å². The van der Waals surface area contributed by atoms with Crippen LogP contribution < -0.4 is 4.74 Å². The van der Waals surface area contributed by atoms with Crippen molar-refractivity contribution >= 4 is 12.1 Å². The van der Waals surface area contributed by atoms with Gasteiger partial charge in [0, 0.05) is 5.56 Å². The SMILES string of the molecule is Cc1ccc(-c2cc(CC(=O)O)ccc2OCC2CC2)c(CN2C(=O)O[C@H](c3ccccc3)[C@@H]2C)c1. The Hall–Kier alpha value is -3.80. The van der Waals surface area contributed by atoms with E-state index in [1.807, 2.05) is 74.5 Å². The van der Waals surface area contributed by atoms with E-state index in [-0.39, 0.29) is 24.7 Å². The van der Waals surface area contributed by atoms with Gasteiger partial charge in [-0.2, -0.15) is 0 Å². The van der Waals surface area contributed by atoms with Crippen molar-refractivity contribution in [1.29, 1.82) is 0 Å². The number of hydrogen-bond donors (Lipinski definition) is 1. The van der Waals surface area contributed by atoms with E-state index in [1.165, 1.54) is 12.8 Å². The van der Waals surface area contributed by atoms with Gasteiger partial charge in [-0.05, 0) is 67.0 Å². The minimum absolute atomic E-state index is 0.0641. The Bertz CT molecular complexity index is 1270. The number of hydrogen-bond acceptors (Lipinski definition) is 4. The molecule has 0 spiro atoms. The molecule has 0 aromatic heterocycles. The normalized spacial score (nSPS) is 19.3. The molecule has 1 N–H and O–H groups in total. The molecular formula is C30H31NO5. The first kappa shape index (κ1) is 23.9. The molecule has 1 aliphatic heterocycles. The van der Waals surface area contributed by atoms with E-state index < -0.39 is 5.97 Å². The van der Waals surface area contributed by atoms with Gasteiger partial charge in [-0.25, -0.2) is 4.79 Å². The Morgan fingerprint density at radius 3 is 2.56 bits per heavy atom. The minimum Gasteiger partial charge on any atom is -0.493 e. The molecule has 1 amide bonds. The molecule has 5 rings (SSSR count). The molecule has 0 unspecified atom stereocenters. The molecule has 2 atom stereocenters. The van der Waals surface area contributed by atoms with Gasteiger partial charge in [0.15, 0.2) is 0 Å². The second-order valence-electron chi connectivity index (χ2n) is 9.90. The molecule has 186 valence electrons. The van der Waals surface area contributed by atoms with E-state index in [2.05, 4.69) is 6.07 Å². The fourth-order valence-corrected chi connectivity index (χ4v) is 4.79. The van der Waals surface area contributed by atoms with Gasteiger partial charge in [0.25, 0.3) is 0 Å². The average Bonchev–Trinajstić information content (AvgIpc) is 3.65. The number of cyclic esters (lactones) is 1. The molecule has 36 heavy (non-hydrogen) atoms. The maximum atomic E-state index is 12.9. The Morgan fingerprint density at radius 1 is 1.06 bits per heavy atom. The van der Waals surface area contributed by atoms with Crippen molar-refractivity contribution in [2.75, 3.05) is 6.61 Å². The fraction of sp³-hybridized carbons (Fsp3) is 0.333. The first-order valence-electron chi connectivity index (χ1n) is 12.5. The molecule has 3 aromatic rings. The number of carbonyl (C=O) groups excluding carboxylic acids is 1. The summed E-state index contributed by atoms with van der Waals surface area (Å²) in [6, 6.07) is 21.4. The first-order valence-corrected chi connectivity index (χ1v) is 12.5. The third-order valence-corrected chi connectivity index (χ3v) is 6.98. The number of aliphatic carboxylic acids is 1. The number of rotatable bonds is 9. The predicted octanol–water partition coefficient (Wildman–Crippen LogP) is 6.16. The molecule has 6 heteroatoms. The van der Waals surface area contributed by atoms with Crippen LogP contribution in [0, 0.1) is 12.8 Å². The Morgan fingerprint density at radius 2 is 1.83 bits per heavy atom. The molecule has 2 fully saturated rings. The van der Waals surface area contributed by atoms with Crippen molar-refractivity contribution in [3.05, 3.63) is 89.0 Å². The number of carbonyl (C=O) groups is 2. The van der Waals surface area contributed by atoms with Gasteiger partial charge >= 0.3 is 12.1 Å². The van der Waals surface area contributed by atoms with Crippen LogP contribution in [0.2, 0.25) is 0 Å². The maximum Gasteiger partial charge on any atom is 0.411 e. The minimum atomic E-state index is -0.877. The highest BCUT2D eigenvalue weighted by atomic mass is 16.6. The quantitative estimate of drug-likeness (QED) is 0.393. The second kappa shape index (κ2) is 10.1. The third kappa shape index (κ3) is 5.23. The summed E-state index contributed by atoms with van der Waals surface area (Å²) in [5.41, 5.74) is 5.52. The molecule has 1 saturated heterocycles. The lowest BCUT2D eigenvalue weighted by atomic mass is 9.94. The van der Waals surface area contributed by atoms with E-state index in [1.54, 1.807) is 4.90 Å². The lowest BCUT2D eigenvalue weighted by Crippen LogP contribution is -2.31. The monoisotopic (exact) mass is 485 g/mol. The lowest BCUT2D eigenvalue weighted by Gasteiger charge is -2.23. The van der Waals surface area contributed by atoms with Crippen LogP contribution in [0.4, 0.5) is 4.79 Å². The molecule has 6 nitrogen and oxygen atoms in total. The number of aryl methyl sites for hydroxylation is 1. The highest BCUT2D eigenvalue weighted by molar-refractivity contribution is 5.78. The molecule has 1 saturated carbocycles. The fourth-order valence-electron chi connectivity index (χ4n) is 4.79. The van der Waals surface area contributed by atoms with E-state index in [0.29, 0.717) is 24.6 Å². The van der Waals surface area contributed by atoms with E-state index in [4.69, 9.17) is 9.47 Å². The maximum absolute atomic E-state index is 12.9. The van der Waals surface area contributed by atoms with Crippen LogP contribution in [-0.2, 0) is 22.5 Å². The largest absolute Gasteiger partial charge is 0.493 e. The Balaban J connectivity index is 1.49. The van der Waals surface area contributed by atoms with Crippen LogP contribution in [0.5, 0.6) is 5.75 Å². The van der Waals surface area contributed by atoms with Crippen molar-refractivity contribution in [3.63, 3.8) is 0 Å². The van der Waals surface area contributed by atoms with Gasteiger partial charge < -0.3 is 14.6 Å². The number of nitrogens with zero attached hydrogens (tertiary/aromatic N) is 1. The number of ether oxygens (including phenoxy) is 2. The summed E-state index contributed by atoms with van der Waals surface area (Å²) in [6.45, 7) is 5.07. The molecule has 0 radical (unpaired) electrons. The summed E-state index contributed by atoms with van der Waals surface area (Å²) in [7, 11) is 0. The molecule has 0 bridgehead atoms. The summed E-state index contributed by atoms with van der Waals surface area (Å²) in [4.78, 5) is 26.1. The van der Waals surface area contributed by atoms with Crippen molar-refractivity contribution in [3.8, 4) is 16.9 Å². The highest BCUT2D eigenvalue weighted by Crippen LogP contribution is 2.39. The predicted molar refractivity (Wildman–Crippen MR) is 137 cm³/mol. The summed E-state index contributed by atoms with van der Waals surface area (Å²) in [5, 5.41) is 9.35. The number of carboxylic acid groups (broad SMARTS) is 1. The first-order chi connectivity index (χ1) is 17.4. The van der Waals surface area contributed by atoms with Crippen molar-refractivity contribution < 1.29 is 24.2 Å². The zero-order valence-corrected chi connectivity index (χ0v) is 20.6. The molecule has 2 aliphatic rings. The number of amides is 1.